The molecule has 0 fully saturated rings. The van der Waals surface area contributed by atoms with Gasteiger partial charge in [-0.2, -0.15) is 0 Å². The number of nitrogens with zero attached hydrogens (tertiary/aromatic N) is 1. The van der Waals surface area contributed by atoms with Gasteiger partial charge < -0.3 is 10.5 Å². The van der Waals surface area contributed by atoms with Crippen LogP contribution in [0.3, 0.4) is 0 Å². The van der Waals surface area contributed by atoms with Crippen LogP contribution in [0.5, 0.6) is 5.75 Å². The summed E-state index contributed by atoms with van der Waals surface area (Å²) in [6.07, 6.45) is 1.95. The number of hydrogen-bond acceptors (Lipinski definition) is 4. The molecule has 0 spiro atoms. The Balaban J connectivity index is 2.74. The van der Waals surface area contributed by atoms with Crippen LogP contribution >= 0.6 is 0 Å². The van der Waals surface area contributed by atoms with Crippen molar-refractivity contribution < 1.29 is 9.66 Å². The minimum atomic E-state index is -0.512. The van der Waals surface area contributed by atoms with Crippen LogP contribution in [-0.4, -0.2) is 11.5 Å². The standard InChI is InChI=1S/C10H14N2O3/c1-2-3-6-15-8-4-5-9(11)10(7-8)12(13)14/h4-5,7H,2-3,6,11H2,1H3. The molecular weight excluding hydrogens is 196 g/mol. The molecule has 0 bridgehead atoms. The Bertz CT molecular complexity index is 353. The molecule has 5 heteroatoms. The van der Waals surface area contributed by atoms with Gasteiger partial charge in [-0.25, -0.2) is 0 Å². The highest BCUT2D eigenvalue weighted by molar-refractivity contribution is 5.60. The molecule has 0 aliphatic heterocycles. The monoisotopic (exact) mass is 210 g/mol. The van der Waals surface area contributed by atoms with E-state index in [1.54, 1.807) is 6.07 Å². The number of rotatable bonds is 5. The normalized spacial score (nSPS) is 9.93. The van der Waals surface area contributed by atoms with Crippen molar-refractivity contribution in [3.05, 3.63) is 28.3 Å². The van der Waals surface area contributed by atoms with Gasteiger partial charge in [-0.1, -0.05) is 13.3 Å². The maximum atomic E-state index is 10.6. The maximum Gasteiger partial charge on any atom is 0.295 e. The van der Waals surface area contributed by atoms with Gasteiger partial charge in [-0.3, -0.25) is 10.1 Å². The number of nitro groups is 1. The molecule has 0 radical (unpaired) electrons. The summed E-state index contributed by atoms with van der Waals surface area (Å²) in [4.78, 5) is 10.1. The quantitative estimate of drug-likeness (QED) is 0.350. The Kier molecular flexibility index (Phi) is 3.91. The summed E-state index contributed by atoms with van der Waals surface area (Å²) in [5.41, 5.74) is 5.50. The average molecular weight is 210 g/mol. The molecule has 0 unspecified atom stereocenters. The summed E-state index contributed by atoms with van der Waals surface area (Å²) in [7, 11) is 0. The Morgan fingerprint density at radius 1 is 1.53 bits per heavy atom. The van der Waals surface area contributed by atoms with Gasteiger partial charge in [0.15, 0.2) is 0 Å². The lowest BCUT2D eigenvalue weighted by atomic mass is 10.2. The molecule has 15 heavy (non-hydrogen) atoms. The van der Waals surface area contributed by atoms with Crippen LogP contribution in [-0.2, 0) is 0 Å². The largest absolute Gasteiger partial charge is 0.493 e. The van der Waals surface area contributed by atoms with E-state index < -0.39 is 4.92 Å². The van der Waals surface area contributed by atoms with Gasteiger partial charge in [0.25, 0.3) is 5.69 Å². The Hall–Kier alpha value is -1.78. The second kappa shape index (κ2) is 5.19. The molecule has 2 N–H and O–H groups in total. The first-order valence-corrected chi connectivity index (χ1v) is 4.82. The van der Waals surface area contributed by atoms with Crippen LogP contribution < -0.4 is 10.5 Å². The van der Waals surface area contributed by atoms with E-state index in [1.807, 2.05) is 0 Å². The van der Waals surface area contributed by atoms with Crippen molar-refractivity contribution in [2.75, 3.05) is 12.3 Å². The van der Waals surface area contributed by atoms with Gasteiger partial charge >= 0.3 is 0 Å². The van der Waals surface area contributed by atoms with Gasteiger partial charge in [0.1, 0.15) is 11.4 Å². The predicted molar refractivity (Wildman–Crippen MR) is 57.9 cm³/mol. The number of ether oxygens (including phenoxy) is 1. The molecule has 0 saturated heterocycles. The molecule has 5 nitrogen and oxygen atoms in total. The third kappa shape index (κ3) is 3.12. The lowest BCUT2D eigenvalue weighted by Crippen LogP contribution is -1.99. The molecule has 0 atom stereocenters. The van der Waals surface area contributed by atoms with Crippen molar-refractivity contribution in [3.8, 4) is 5.75 Å². The number of nitro benzene ring substituents is 1. The van der Waals surface area contributed by atoms with Crippen LogP contribution in [0.25, 0.3) is 0 Å². The lowest BCUT2D eigenvalue weighted by molar-refractivity contribution is -0.384. The molecule has 0 amide bonds. The molecular formula is C10H14N2O3. The molecule has 0 aliphatic rings. The van der Waals surface area contributed by atoms with E-state index in [4.69, 9.17) is 10.5 Å². The highest BCUT2D eigenvalue weighted by atomic mass is 16.6. The topological polar surface area (TPSA) is 78.4 Å². The van der Waals surface area contributed by atoms with E-state index >= 15 is 0 Å². The molecule has 1 rings (SSSR count). The summed E-state index contributed by atoms with van der Waals surface area (Å²) >= 11 is 0. The molecule has 1 aromatic carbocycles. The van der Waals surface area contributed by atoms with E-state index in [0.717, 1.165) is 12.8 Å². The summed E-state index contributed by atoms with van der Waals surface area (Å²) in [6.45, 7) is 2.62. The summed E-state index contributed by atoms with van der Waals surface area (Å²) in [6, 6.07) is 4.47. The summed E-state index contributed by atoms with van der Waals surface area (Å²) in [5, 5.41) is 10.6. The van der Waals surface area contributed by atoms with Crippen molar-refractivity contribution in [3.63, 3.8) is 0 Å². The molecule has 0 aromatic heterocycles. The zero-order valence-electron chi connectivity index (χ0n) is 8.60. The summed E-state index contributed by atoms with van der Waals surface area (Å²) < 4.78 is 5.33. The van der Waals surface area contributed by atoms with E-state index in [-0.39, 0.29) is 11.4 Å². The van der Waals surface area contributed by atoms with Gasteiger partial charge in [0, 0.05) is 0 Å². The molecule has 0 aliphatic carbocycles. The van der Waals surface area contributed by atoms with Crippen molar-refractivity contribution in [2.24, 2.45) is 0 Å². The van der Waals surface area contributed by atoms with Crippen LogP contribution in [0.2, 0.25) is 0 Å². The van der Waals surface area contributed by atoms with Crippen LogP contribution in [0.15, 0.2) is 18.2 Å². The zero-order chi connectivity index (χ0) is 11.3. The Labute approximate surface area is 88.0 Å². The highest BCUT2D eigenvalue weighted by Gasteiger charge is 2.12. The first-order chi connectivity index (χ1) is 7.15. The molecule has 82 valence electrons. The minimum Gasteiger partial charge on any atom is -0.493 e. The van der Waals surface area contributed by atoms with Crippen molar-refractivity contribution in [1.29, 1.82) is 0 Å². The lowest BCUT2D eigenvalue weighted by Gasteiger charge is -2.05. The van der Waals surface area contributed by atoms with Crippen LogP contribution in [0.1, 0.15) is 19.8 Å². The number of nitrogen functional groups attached to an aromatic ring is 1. The number of nitrogens with two attached hydrogens (primary N) is 1. The van der Waals surface area contributed by atoms with Crippen molar-refractivity contribution >= 4 is 11.4 Å². The van der Waals surface area contributed by atoms with Gasteiger partial charge in [-0.15, -0.1) is 0 Å². The number of unbranched alkanes of at least 4 members (excludes halogenated alkanes) is 1. The van der Waals surface area contributed by atoms with E-state index in [1.165, 1.54) is 12.1 Å². The van der Waals surface area contributed by atoms with E-state index in [0.29, 0.717) is 12.4 Å². The van der Waals surface area contributed by atoms with Crippen molar-refractivity contribution in [2.45, 2.75) is 19.8 Å². The molecule has 1 aromatic rings. The average Bonchev–Trinajstić information content (AvgIpc) is 2.20. The fraction of sp³-hybridized carbons (Fsp3) is 0.400. The summed E-state index contributed by atoms with van der Waals surface area (Å²) in [5.74, 6) is 0.490. The van der Waals surface area contributed by atoms with E-state index in [2.05, 4.69) is 6.92 Å². The van der Waals surface area contributed by atoms with Crippen molar-refractivity contribution in [1.82, 2.24) is 0 Å². The second-order valence-corrected chi connectivity index (χ2v) is 3.18. The number of hydrogen-bond donors (Lipinski definition) is 1. The fourth-order valence-electron chi connectivity index (χ4n) is 1.11. The SMILES string of the molecule is CCCCOc1ccc(N)c([N+](=O)[O-])c1. The maximum absolute atomic E-state index is 10.6. The number of benzene rings is 1. The van der Waals surface area contributed by atoms with Gasteiger partial charge in [-0.05, 0) is 18.6 Å². The van der Waals surface area contributed by atoms with Gasteiger partial charge in [0.05, 0.1) is 17.6 Å². The van der Waals surface area contributed by atoms with Gasteiger partial charge in [0.2, 0.25) is 0 Å². The Morgan fingerprint density at radius 3 is 2.87 bits per heavy atom. The second-order valence-electron chi connectivity index (χ2n) is 3.18. The van der Waals surface area contributed by atoms with Crippen LogP contribution in [0.4, 0.5) is 11.4 Å². The highest BCUT2D eigenvalue weighted by Crippen LogP contribution is 2.26. The third-order valence-electron chi connectivity index (χ3n) is 1.97. The molecule has 0 heterocycles. The first-order valence-electron chi connectivity index (χ1n) is 4.82. The Morgan fingerprint density at radius 2 is 2.27 bits per heavy atom. The molecule has 0 saturated carbocycles. The van der Waals surface area contributed by atoms with Crippen LogP contribution in [0, 0.1) is 10.1 Å². The number of anilines is 1. The minimum absolute atomic E-state index is 0.107. The fourth-order valence-corrected chi connectivity index (χ4v) is 1.11. The smallest absolute Gasteiger partial charge is 0.295 e. The zero-order valence-corrected chi connectivity index (χ0v) is 8.60. The third-order valence-corrected chi connectivity index (χ3v) is 1.97. The van der Waals surface area contributed by atoms with E-state index in [9.17, 15) is 10.1 Å². The first kappa shape index (κ1) is 11.3. The predicted octanol–water partition coefficient (Wildman–Crippen LogP) is 2.36.